The molecule has 0 aromatic heterocycles. The van der Waals surface area contributed by atoms with E-state index >= 15 is 0 Å². The molecule has 3 rings (SSSR count). The minimum absolute atomic E-state index is 0.298. The first kappa shape index (κ1) is 16.0. The second-order valence-corrected chi connectivity index (χ2v) is 7.88. The lowest BCUT2D eigenvalue weighted by Gasteiger charge is -2.17. The van der Waals surface area contributed by atoms with Gasteiger partial charge in [-0.2, -0.15) is 4.31 Å². The molecule has 0 aliphatic rings. The summed E-state index contributed by atoms with van der Waals surface area (Å²) in [6, 6.07) is 20.1. The van der Waals surface area contributed by atoms with Crippen molar-refractivity contribution in [3.63, 3.8) is 0 Å². The molecule has 3 aromatic rings. The van der Waals surface area contributed by atoms with Crippen molar-refractivity contribution in [2.75, 3.05) is 7.05 Å². The van der Waals surface area contributed by atoms with Gasteiger partial charge < -0.3 is 0 Å². The number of benzene rings is 3. The van der Waals surface area contributed by atoms with E-state index in [2.05, 4.69) is 0 Å². The fourth-order valence-electron chi connectivity index (χ4n) is 2.44. The summed E-state index contributed by atoms with van der Waals surface area (Å²) in [4.78, 5) is 0.299. The van der Waals surface area contributed by atoms with Gasteiger partial charge in [-0.1, -0.05) is 54.1 Å². The molecule has 0 atom stereocenters. The SMILES string of the molecule is CN(Cc1ccc(Cl)cc1)S(=O)(=O)c1ccc2ccccc2c1. The maximum atomic E-state index is 12.7. The molecule has 3 nitrogen and oxygen atoms in total. The lowest BCUT2D eigenvalue weighted by Crippen LogP contribution is -2.26. The Morgan fingerprint density at radius 2 is 1.57 bits per heavy atom. The van der Waals surface area contributed by atoms with Gasteiger partial charge in [0.05, 0.1) is 4.90 Å². The molecule has 0 saturated carbocycles. The van der Waals surface area contributed by atoms with Crippen LogP contribution in [0.2, 0.25) is 5.02 Å². The molecule has 0 aliphatic carbocycles. The summed E-state index contributed by atoms with van der Waals surface area (Å²) < 4.78 is 26.8. The molecule has 0 spiro atoms. The molecule has 0 amide bonds. The van der Waals surface area contributed by atoms with Gasteiger partial charge in [0.25, 0.3) is 0 Å². The number of halogens is 1. The Morgan fingerprint density at radius 3 is 2.26 bits per heavy atom. The Hall–Kier alpha value is -1.88. The third kappa shape index (κ3) is 3.39. The van der Waals surface area contributed by atoms with Gasteiger partial charge in [0.2, 0.25) is 10.0 Å². The summed E-state index contributed by atoms with van der Waals surface area (Å²) in [5.74, 6) is 0. The van der Waals surface area contributed by atoms with Gasteiger partial charge in [0.15, 0.2) is 0 Å². The van der Waals surface area contributed by atoms with E-state index in [4.69, 9.17) is 11.6 Å². The third-order valence-corrected chi connectivity index (χ3v) is 5.80. The Bertz CT molecular complexity index is 937. The largest absolute Gasteiger partial charge is 0.243 e. The normalized spacial score (nSPS) is 12.0. The molecular weight excluding hydrogens is 330 g/mol. The molecule has 3 aromatic carbocycles. The third-order valence-electron chi connectivity index (χ3n) is 3.75. The van der Waals surface area contributed by atoms with Gasteiger partial charge in [0.1, 0.15) is 0 Å². The summed E-state index contributed by atoms with van der Waals surface area (Å²) in [7, 11) is -1.96. The Morgan fingerprint density at radius 1 is 0.913 bits per heavy atom. The lowest BCUT2D eigenvalue weighted by atomic mass is 10.1. The lowest BCUT2D eigenvalue weighted by molar-refractivity contribution is 0.467. The number of hydrogen-bond acceptors (Lipinski definition) is 2. The van der Waals surface area contributed by atoms with Gasteiger partial charge in [-0.3, -0.25) is 0 Å². The highest BCUT2D eigenvalue weighted by atomic mass is 35.5. The second-order valence-electron chi connectivity index (χ2n) is 5.40. The number of nitrogens with zero attached hydrogens (tertiary/aromatic N) is 1. The van der Waals surface area contributed by atoms with Crippen molar-refractivity contribution in [2.45, 2.75) is 11.4 Å². The van der Waals surface area contributed by atoms with E-state index in [1.807, 2.05) is 42.5 Å². The van der Waals surface area contributed by atoms with Crippen molar-refractivity contribution < 1.29 is 8.42 Å². The fourth-order valence-corrected chi connectivity index (χ4v) is 3.76. The van der Waals surface area contributed by atoms with Crippen molar-refractivity contribution >= 4 is 32.4 Å². The summed E-state index contributed by atoms with van der Waals surface area (Å²) >= 11 is 5.86. The first-order chi connectivity index (χ1) is 11.0. The van der Waals surface area contributed by atoms with E-state index in [0.29, 0.717) is 16.5 Å². The van der Waals surface area contributed by atoms with E-state index in [1.54, 1.807) is 31.3 Å². The fraction of sp³-hybridized carbons (Fsp3) is 0.111. The quantitative estimate of drug-likeness (QED) is 0.706. The van der Waals surface area contributed by atoms with Crippen LogP contribution >= 0.6 is 11.6 Å². The zero-order chi connectivity index (χ0) is 16.4. The highest BCUT2D eigenvalue weighted by molar-refractivity contribution is 7.89. The molecule has 118 valence electrons. The molecule has 0 saturated heterocycles. The summed E-state index contributed by atoms with van der Waals surface area (Å²) in [6.45, 7) is 0.298. The van der Waals surface area contributed by atoms with Crippen molar-refractivity contribution in [3.8, 4) is 0 Å². The standard InChI is InChI=1S/C18H16ClNO2S/c1-20(13-14-6-9-17(19)10-7-14)23(21,22)18-11-8-15-4-2-3-5-16(15)12-18/h2-12H,13H2,1H3. The molecule has 5 heteroatoms. The van der Waals surface area contributed by atoms with Gasteiger partial charge in [-0.25, -0.2) is 8.42 Å². The Balaban J connectivity index is 1.90. The average molecular weight is 346 g/mol. The zero-order valence-corrected chi connectivity index (χ0v) is 14.2. The Kier molecular flexibility index (Phi) is 4.39. The van der Waals surface area contributed by atoms with Crippen LogP contribution in [0.15, 0.2) is 71.6 Å². The van der Waals surface area contributed by atoms with Gasteiger partial charge >= 0.3 is 0 Å². The van der Waals surface area contributed by atoms with E-state index < -0.39 is 10.0 Å². The van der Waals surface area contributed by atoms with Crippen LogP contribution < -0.4 is 0 Å². The molecule has 23 heavy (non-hydrogen) atoms. The van der Waals surface area contributed by atoms with Crippen molar-refractivity contribution in [3.05, 3.63) is 77.3 Å². The predicted molar refractivity (Wildman–Crippen MR) is 94.1 cm³/mol. The number of sulfonamides is 1. The zero-order valence-electron chi connectivity index (χ0n) is 12.6. The van der Waals surface area contributed by atoms with Crippen molar-refractivity contribution in [1.82, 2.24) is 4.31 Å². The molecule has 0 fully saturated rings. The number of hydrogen-bond donors (Lipinski definition) is 0. The maximum Gasteiger partial charge on any atom is 0.243 e. The maximum absolute atomic E-state index is 12.7. The van der Waals surface area contributed by atoms with Crippen LogP contribution in [-0.4, -0.2) is 19.8 Å². The smallest absolute Gasteiger partial charge is 0.207 e. The van der Waals surface area contributed by atoms with E-state index in [9.17, 15) is 8.42 Å². The monoisotopic (exact) mass is 345 g/mol. The Labute approximate surface area is 141 Å². The molecule has 0 N–H and O–H groups in total. The summed E-state index contributed by atoms with van der Waals surface area (Å²) in [5.41, 5.74) is 0.890. The van der Waals surface area contributed by atoms with Crippen LogP contribution in [0.3, 0.4) is 0 Å². The number of fused-ring (bicyclic) bond motifs is 1. The molecule has 0 heterocycles. The van der Waals surface area contributed by atoms with Crippen LogP contribution in [0.5, 0.6) is 0 Å². The van der Waals surface area contributed by atoms with Crippen LogP contribution in [0.1, 0.15) is 5.56 Å². The van der Waals surface area contributed by atoms with Gasteiger partial charge in [-0.15, -0.1) is 0 Å². The van der Waals surface area contributed by atoms with E-state index in [1.165, 1.54) is 4.31 Å². The molecule has 0 bridgehead atoms. The minimum Gasteiger partial charge on any atom is -0.207 e. The van der Waals surface area contributed by atoms with Gasteiger partial charge in [-0.05, 0) is 40.6 Å². The van der Waals surface area contributed by atoms with Crippen LogP contribution in [0, 0.1) is 0 Å². The van der Waals surface area contributed by atoms with Gasteiger partial charge in [0, 0.05) is 18.6 Å². The number of rotatable bonds is 4. The molecule has 0 unspecified atom stereocenters. The van der Waals surface area contributed by atoms with E-state index in [0.717, 1.165) is 16.3 Å². The van der Waals surface area contributed by atoms with Crippen molar-refractivity contribution in [1.29, 1.82) is 0 Å². The molecule has 0 aliphatic heterocycles. The van der Waals surface area contributed by atoms with Crippen LogP contribution in [0.25, 0.3) is 10.8 Å². The van der Waals surface area contributed by atoms with Crippen LogP contribution in [-0.2, 0) is 16.6 Å². The first-order valence-electron chi connectivity index (χ1n) is 7.16. The van der Waals surface area contributed by atoms with E-state index in [-0.39, 0.29) is 0 Å². The second kappa shape index (κ2) is 6.32. The predicted octanol–water partition coefficient (Wildman–Crippen LogP) is 4.31. The molecular formula is C18H16ClNO2S. The minimum atomic E-state index is -3.54. The van der Waals surface area contributed by atoms with Crippen LogP contribution in [0.4, 0.5) is 0 Å². The average Bonchev–Trinajstić information content (AvgIpc) is 2.56. The highest BCUT2D eigenvalue weighted by Gasteiger charge is 2.21. The topological polar surface area (TPSA) is 37.4 Å². The van der Waals surface area contributed by atoms with Crippen molar-refractivity contribution in [2.24, 2.45) is 0 Å². The summed E-state index contributed by atoms with van der Waals surface area (Å²) in [5, 5.41) is 2.56. The molecule has 0 radical (unpaired) electrons. The summed E-state index contributed by atoms with van der Waals surface area (Å²) in [6.07, 6.45) is 0. The highest BCUT2D eigenvalue weighted by Crippen LogP contribution is 2.22. The first-order valence-corrected chi connectivity index (χ1v) is 8.98.